The van der Waals surface area contributed by atoms with Crippen LogP contribution in [0.5, 0.6) is 11.5 Å². The van der Waals surface area contributed by atoms with E-state index in [0.29, 0.717) is 0 Å². The van der Waals surface area contributed by atoms with Crippen LogP contribution >= 0.6 is 0 Å². The molecule has 3 nitrogen and oxygen atoms in total. The van der Waals surface area contributed by atoms with E-state index < -0.39 is 30.2 Å². The molecule has 0 amide bonds. The molecule has 0 aliphatic carbocycles. The highest BCUT2D eigenvalue weighted by Crippen LogP contribution is 2.32. The Hall–Kier alpha value is -1.53. The minimum Gasteiger partial charge on any atom is -0.503 e. The molecule has 0 saturated heterocycles. The number of rotatable bonds is 2. The zero-order chi connectivity index (χ0) is 10.8. The smallest absolute Gasteiger partial charge is 0.503 e. The molecule has 1 heterocycles. The maximum absolute atomic E-state index is 12.0. The van der Waals surface area contributed by atoms with Gasteiger partial charge in [0.1, 0.15) is 12.4 Å². The predicted molar refractivity (Wildman–Crippen MR) is 37.4 cm³/mol. The van der Waals surface area contributed by atoms with Crippen molar-refractivity contribution in [3.8, 4) is 11.5 Å². The van der Waals surface area contributed by atoms with Crippen molar-refractivity contribution in [2.45, 2.75) is 13.0 Å². The van der Waals surface area contributed by atoms with Crippen molar-refractivity contribution >= 4 is 0 Å². The fourth-order valence-electron chi connectivity index (χ4n) is 0.782. The lowest BCUT2D eigenvalue weighted by molar-refractivity contribution is -0.275. The van der Waals surface area contributed by atoms with Crippen molar-refractivity contribution < 1.29 is 27.4 Å². The topological polar surface area (TPSA) is 42.4 Å². The zero-order valence-electron chi connectivity index (χ0n) is 6.68. The molecule has 14 heavy (non-hydrogen) atoms. The van der Waals surface area contributed by atoms with E-state index in [1.54, 1.807) is 0 Å². The summed E-state index contributed by atoms with van der Waals surface area (Å²) in [4.78, 5) is 3.32. The highest BCUT2D eigenvalue weighted by molar-refractivity contribution is 5.41. The lowest BCUT2D eigenvalue weighted by atomic mass is 10.3. The van der Waals surface area contributed by atoms with E-state index in [9.17, 15) is 17.6 Å². The van der Waals surface area contributed by atoms with Crippen LogP contribution in [-0.4, -0.2) is 16.5 Å². The molecular formula is C7H5F4NO2. The number of aromatic hydroxyl groups is 1. The average Bonchev–Trinajstić information content (AvgIpc) is 2.06. The van der Waals surface area contributed by atoms with Gasteiger partial charge in [0.15, 0.2) is 11.5 Å². The van der Waals surface area contributed by atoms with Crippen LogP contribution in [0.15, 0.2) is 12.3 Å². The van der Waals surface area contributed by atoms with Gasteiger partial charge in [0.25, 0.3) is 0 Å². The molecule has 1 aromatic heterocycles. The van der Waals surface area contributed by atoms with E-state index in [0.717, 1.165) is 12.3 Å². The van der Waals surface area contributed by atoms with Crippen molar-refractivity contribution in [2.24, 2.45) is 0 Å². The Labute approximate surface area is 76.0 Å². The van der Waals surface area contributed by atoms with E-state index in [1.165, 1.54) is 0 Å². The van der Waals surface area contributed by atoms with Crippen LogP contribution in [0.2, 0.25) is 0 Å². The number of pyridine rings is 1. The monoisotopic (exact) mass is 211 g/mol. The third kappa shape index (κ3) is 2.48. The molecule has 0 fully saturated rings. The molecule has 0 radical (unpaired) electrons. The number of alkyl halides is 4. The molecule has 1 aromatic rings. The van der Waals surface area contributed by atoms with Gasteiger partial charge >= 0.3 is 6.36 Å². The largest absolute Gasteiger partial charge is 0.573 e. The summed E-state index contributed by atoms with van der Waals surface area (Å²) < 4.78 is 50.6. The summed E-state index contributed by atoms with van der Waals surface area (Å²) in [6.45, 7) is -1.17. The maximum Gasteiger partial charge on any atom is 0.573 e. The molecule has 0 aliphatic rings. The van der Waals surface area contributed by atoms with Gasteiger partial charge in [-0.25, -0.2) is 4.39 Å². The van der Waals surface area contributed by atoms with E-state index in [1.807, 2.05) is 0 Å². The summed E-state index contributed by atoms with van der Waals surface area (Å²) in [5, 5.41) is 9.02. The minimum atomic E-state index is -4.92. The number of hydrogen-bond acceptors (Lipinski definition) is 3. The van der Waals surface area contributed by atoms with Gasteiger partial charge in [-0.3, -0.25) is 4.98 Å². The number of hydrogen-bond donors (Lipinski definition) is 1. The fourth-order valence-corrected chi connectivity index (χ4v) is 0.782. The molecule has 1 rings (SSSR count). The zero-order valence-corrected chi connectivity index (χ0v) is 6.68. The van der Waals surface area contributed by atoms with E-state index in [2.05, 4.69) is 9.72 Å². The summed E-state index contributed by atoms with van der Waals surface area (Å²) in [6, 6.07) is 0.794. The van der Waals surface area contributed by atoms with Gasteiger partial charge in [-0.2, -0.15) is 0 Å². The standard InChI is InChI=1S/C7H5F4NO2/c8-3-4-6(13)5(1-2-12-4)14-7(9,10)11/h1-2,13H,3H2. The fraction of sp³-hybridized carbons (Fsp3) is 0.286. The Morgan fingerprint density at radius 2 is 2.07 bits per heavy atom. The molecule has 7 heteroatoms. The summed E-state index contributed by atoms with van der Waals surface area (Å²) in [7, 11) is 0. The number of nitrogens with zero attached hydrogens (tertiary/aromatic N) is 1. The van der Waals surface area contributed by atoms with Gasteiger partial charge in [0.2, 0.25) is 0 Å². The maximum atomic E-state index is 12.0. The summed E-state index contributed by atoms with van der Waals surface area (Å²) in [5.74, 6) is -1.80. The van der Waals surface area contributed by atoms with Crippen molar-refractivity contribution in [1.29, 1.82) is 0 Å². The summed E-state index contributed by atoms with van der Waals surface area (Å²) in [5.41, 5.74) is -0.494. The van der Waals surface area contributed by atoms with Crippen LogP contribution < -0.4 is 4.74 Å². The number of aromatic nitrogens is 1. The van der Waals surface area contributed by atoms with Crippen molar-refractivity contribution in [3.05, 3.63) is 18.0 Å². The van der Waals surface area contributed by atoms with Gasteiger partial charge < -0.3 is 9.84 Å². The minimum absolute atomic E-state index is 0.494. The van der Waals surface area contributed by atoms with Crippen LogP contribution in [0, 0.1) is 0 Å². The SMILES string of the molecule is Oc1c(OC(F)(F)F)ccnc1CF. The van der Waals surface area contributed by atoms with Crippen molar-refractivity contribution in [3.63, 3.8) is 0 Å². The Balaban J connectivity index is 2.98. The second kappa shape index (κ2) is 3.69. The molecule has 1 N–H and O–H groups in total. The van der Waals surface area contributed by atoms with Crippen molar-refractivity contribution in [1.82, 2.24) is 4.98 Å². The van der Waals surface area contributed by atoms with Crippen LogP contribution in [0.4, 0.5) is 17.6 Å². The second-order valence-electron chi connectivity index (χ2n) is 2.29. The Kier molecular flexibility index (Phi) is 2.78. The third-order valence-corrected chi connectivity index (χ3v) is 1.32. The molecule has 0 aliphatic heterocycles. The van der Waals surface area contributed by atoms with Gasteiger partial charge in [0.05, 0.1) is 0 Å². The molecule has 0 aromatic carbocycles. The predicted octanol–water partition coefficient (Wildman–Crippen LogP) is 2.16. The van der Waals surface area contributed by atoms with Crippen LogP contribution in [0.3, 0.4) is 0 Å². The highest BCUT2D eigenvalue weighted by atomic mass is 19.4. The van der Waals surface area contributed by atoms with Crippen LogP contribution in [-0.2, 0) is 6.67 Å². The first-order chi connectivity index (χ1) is 6.44. The Morgan fingerprint density at radius 1 is 1.43 bits per heavy atom. The van der Waals surface area contributed by atoms with Crippen LogP contribution in [0.25, 0.3) is 0 Å². The van der Waals surface area contributed by atoms with Gasteiger partial charge in [-0.15, -0.1) is 13.2 Å². The number of ether oxygens (including phenoxy) is 1. The Morgan fingerprint density at radius 3 is 2.57 bits per heavy atom. The summed E-state index contributed by atoms with van der Waals surface area (Å²) in [6.07, 6.45) is -4.01. The average molecular weight is 211 g/mol. The van der Waals surface area contributed by atoms with Crippen molar-refractivity contribution in [2.75, 3.05) is 0 Å². The lowest BCUT2D eigenvalue weighted by Crippen LogP contribution is -2.17. The quantitative estimate of drug-likeness (QED) is 0.762. The second-order valence-corrected chi connectivity index (χ2v) is 2.29. The van der Waals surface area contributed by atoms with Gasteiger partial charge in [-0.05, 0) is 0 Å². The third-order valence-electron chi connectivity index (χ3n) is 1.32. The van der Waals surface area contributed by atoms with Gasteiger partial charge in [-0.1, -0.05) is 0 Å². The molecule has 0 spiro atoms. The van der Waals surface area contributed by atoms with E-state index in [4.69, 9.17) is 5.11 Å². The summed E-state index contributed by atoms with van der Waals surface area (Å²) >= 11 is 0. The van der Waals surface area contributed by atoms with E-state index >= 15 is 0 Å². The van der Waals surface area contributed by atoms with E-state index in [-0.39, 0.29) is 0 Å². The first-order valence-corrected chi connectivity index (χ1v) is 3.42. The number of halogens is 4. The molecule has 0 atom stereocenters. The highest BCUT2D eigenvalue weighted by Gasteiger charge is 2.32. The molecule has 0 unspecified atom stereocenters. The molecule has 78 valence electrons. The van der Waals surface area contributed by atoms with Gasteiger partial charge in [0, 0.05) is 12.3 Å². The molecular weight excluding hydrogens is 206 g/mol. The lowest BCUT2D eigenvalue weighted by Gasteiger charge is -2.10. The first kappa shape index (κ1) is 10.6. The molecule has 0 saturated carbocycles. The Bertz CT molecular complexity index is 326. The van der Waals surface area contributed by atoms with Crippen LogP contribution in [0.1, 0.15) is 5.69 Å². The normalized spacial score (nSPS) is 11.4. The first-order valence-electron chi connectivity index (χ1n) is 3.42. The molecule has 0 bridgehead atoms.